The third-order valence-corrected chi connectivity index (χ3v) is 5.31. The van der Waals surface area contributed by atoms with E-state index in [0.717, 1.165) is 25.2 Å². The Morgan fingerprint density at radius 1 is 1.24 bits per heavy atom. The molecular formula is C21H22FN5O2. The number of hydrogen-bond acceptors (Lipinski definition) is 5. The highest BCUT2D eigenvalue weighted by Crippen LogP contribution is 2.31. The van der Waals surface area contributed by atoms with Crippen LogP contribution in [-0.4, -0.2) is 36.7 Å². The third kappa shape index (κ3) is 3.65. The molecule has 2 aromatic rings. The predicted molar refractivity (Wildman–Crippen MR) is 111 cm³/mol. The Balaban J connectivity index is 1.55. The Bertz CT molecular complexity index is 989. The van der Waals surface area contributed by atoms with Gasteiger partial charge in [0.25, 0.3) is 5.91 Å². The topological polar surface area (TPSA) is 91.0 Å². The fourth-order valence-electron chi connectivity index (χ4n) is 3.76. The van der Waals surface area contributed by atoms with Gasteiger partial charge in [-0.15, -0.1) is 0 Å². The number of hydrazone groups is 1. The van der Waals surface area contributed by atoms with Gasteiger partial charge in [-0.05, 0) is 55.3 Å². The number of nitrogens with one attached hydrogen (secondary N) is 1. The maximum absolute atomic E-state index is 13.2. The number of carbonyl (C=O) groups is 2. The second-order valence-corrected chi connectivity index (χ2v) is 7.12. The molecule has 4 rings (SSSR count). The third-order valence-electron chi connectivity index (χ3n) is 5.31. The SMILES string of the molecule is CCN1CCc2ccc(NC(=O)C3=NN(c4ccc(F)cc4)C(C(N)=O)C3)cc21. The molecular weight excluding hydrogens is 373 g/mol. The number of fused-ring (bicyclic) bond motifs is 1. The van der Waals surface area contributed by atoms with E-state index in [9.17, 15) is 14.0 Å². The minimum atomic E-state index is -0.795. The van der Waals surface area contributed by atoms with Crippen molar-refractivity contribution in [3.63, 3.8) is 0 Å². The average molecular weight is 395 g/mol. The van der Waals surface area contributed by atoms with E-state index in [1.165, 1.54) is 34.8 Å². The number of nitrogens with two attached hydrogens (primary N) is 1. The Labute approximate surface area is 168 Å². The molecule has 2 aliphatic heterocycles. The molecule has 0 saturated heterocycles. The van der Waals surface area contributed by atoms with Crippen molar-refractivity contribution in [3.05, 3.63) is 53.8 Å². The maximum Gasteiger partial charge on any atom is 0.271 e. The second kappa shape index (κ2) is 7.54. The molecule has 0 saturated carbocycles. The highest BCUT2D eigenvalue weighted by Gasteiger charge is 2.35. The summed E-state index contributed by atoms with van der Waals surface area (Å²) < 4.78 is 13.2. The molecule has 2 heterocycles. The molecule has 0 aromatic heterocycles. The maximum atomic E-state index is 13.2. The van der Waals surface area contributed by atoms with Gasteiger partial charge in [0, 0.05) is 30.9 Å². The molecule has 1 atom stereocenters. The van der Waals surface area contributed by atoms with Gasteiger partial charge in [0.2, 0.25) is 5.91 Å². The van der Waals surface area contributed by atoms with E-state index < -0.39 is 17.8 Å². The van der Waals surface area contributed by atoms with Crippen molar-refractivity contribution >= 4 is 34.6 Å². The van der Waals surface area contributed by atoms with Crippen molar-refractivity contribution in [2.24, 2.45) is 10.8 Å². The Hall–Kier alpha value is -3.42. The van der Waals surface area contributed by atoms with Gasteiger partial charge in [-0.3, -0.25) is 14.6 Å². The Morgan fingerprint density at radius 2 is 2.00 bits per heavy atom. The summed E-state index contributed by atoms with van der Waals surface area (Å²) in [5, 5.41) is 8.53. The summed E-state index contributed by atoms with van der Waals surface area (Å²) in [7, 11) is 0. The Kier molecular flexibility index (Phi) is 4.92. The molecule has 3 N–H and O–H groups in total. The van der Waals surface area contributed by atoms with Gasteiger partial charge in [0.1, 0.15) is 17.6 Å². The number of nitrogens with zero attached hydrogens (tertiary/aromatic N) is 3. The van der Waals surface area contributed by atoms with E-state index in [2.05, 4.69) is 22.2 Å². The van der Waals surface area contributed by atoms with E-state index in [4.69, 9.17) is 5.73 Å². The van der Waals surface area contributed by atoms with E-state index in [1.54, 1.807) is 0 Å². The highest BCUT2D eigenvalue weighted by molar-refractivity contribution is 6.44. The number of rotatable bonds is 5. The molecule has 8 heteroatoms. The van der Waals surface area contributed by atoms with Gasteiger partial charge < -0.3 is 16.0 Å². The molecule has 150 valence electrons. The molecule has 0 fully saturated rings. The first-order valence-corrected chi connectivity index (χ1v) is 9.57. The lowest BCUT2D eigenvalue weighted by atomic mass is 10.1. The van der Waals surface area contributed by atoms with E-state index in [-0.39, 0.29) is 18.0 Å². The molecule has 0 aliphatic carbocycles. The number of likely N-dealkylation sites (N-methyl/N-ethyl adjacent to an activating group) is 1. The summed E-state index contributed by atoms with van der Waals surface area (Å²) in [5.41, 5.74) is 9.26. The number of amides is 2. The zero-order valence-electron chi connectivity index (χ0n) is 16.1. The van der Waals surface area contributed by atoms with Crippen LogP contribution < -0.4 is 21.0 Å². The lowest BCUT2D eigenvalue weighted by molar-refractivity contribution is -0.119. The van der Waals surface area contributed by atoms with E-state index in [0.29, 0.717) is 11.4 Å². The molecule has 2 aromatic carbocycles. The van der Waals surface area contributed by atoms with Crippen molar-refractivity contribution in [2.75, 3.05) is 28.3 Å². The summed E-state index contributed by atoms with van der Waals surface area (Å²) in [4.78, 5) is 26.9. The zero-order chi connectivity index (χ0) is 20.5. The summed E-state index contributed by atoms with van der Waals surface area (Å²) in [5.74, 6) is -1.39. The number of carbonyl (C=O) groups excluding carboxylic acids is 2. The molecule has 0 bridgehead atoms. The Morgan fingerprint density at radius 3 is 2.69 bits per heavy atom. The first-order valence-electron chi connectivity index (χ1n) is 9.57. The van der Waals surface area contributed by atoms with Crippen LogP contribution in [0.4, 0.5) is 21.5 Å². The van der Waals surface area contributed by atoms with Crippen LogP contribution >= 0.6 is 0 Å². The smallest absolute Gasteiger partial charge is 0.271 e. The van der Waals surface area contributed by atoms with Crippen molar-refractivity contribution in [3.8, 4) is 0 Å². The summed E-state index contributed by atoms with van der Waals surface area (Å²) in [6, 6.07) is 10.6. The van der Waals surface area contributed by atoms with Gasteiger partial charge in [0.15, 0.2) is 0 Å². The number of hydrogen-bond donors (Lipinski definition) is 2. The van der Waals surface area contributed by atoms with E-state index in [1.807, 2.05) is 18.2 Å². The van der Waals surface area contributed by atoms with Crippen LogP contribution in [-0.2, 0) is 16.0 Å². The lowest BCUT2D eigenvalue weighted by Crippen LogP contribution is -2.39. The number of benzene rings is 2. The zero-order valence-corrected chi connectivity index (χ0v) is 16.1. The number of halogens is 1. The van der Waals surface area contributed by atoms with Crippen LogP contribution in [0.1, 0.15) is 18.9 Å². The van der Waals surface area contributed by atoms with Gasteiger partial charge >= 0.3 is 0 Å². The van der Waals surface area contributed by atoms with Crippen molar-refractivity contribution in [2.45, 2.75) is 25.8 Å². The molecule has 0 spiro atoms. The van der Waals surface area contributed by atoms with Crippen LogP contribution in [0, 0.1) is 5.82 Å². The highest BCUT2D eigenvalue weighted by atomic mass is 19.1. The first kappa shape index (κ1) is 18.9. The molecule has 2 aliphatic rings. The van der Waals surface area contributed by atoms with Crippen molar-refractivity contribution in [1.29, 1.82) is 0 Å². The molecule has 1 unspecified atom stereocenters. The fraction of sp³-hybridized carbons (Fsp3) is 0.286. The monoisotopic (exact) mass is 395 g/mol. The van der Waals surface area contributed by atoms with Crippen LogP contribution in [0.15, 0.2) is 47.6 Å². The van der Waals surface area contributed by atoms with Gasteiger partial charge in [0.05, 0.1) is 5.69 Å². The summed E-state index contributed by atoms with van der Waals surface area (Å²) >= 11 is 0. The molecule has 0 radical (unpaired) electrons. The molecule has 29 heavy (non-hydrogen) atoms. The van der Waals surface area contributed by atoms with Crippen LogP contribution in [0.2, 0.25) is 0 Å². The van der Waals surface area contributed by atoms with Crippen LogP contribution in [0.3, 0.4) is 0 Å². The van der Waals surface area contributed by atoms with Crippen LogP contribution in [0.5, 0.6) is 0 Å². The van der Waals surface area contributed by atoms with Gasteiger partial charge in [-0.1, -0.05) is 6.07 Å². The summed E-state index contributed by atoms with van der Waals surface area (Å²) in [6.07, 6.45) is 1.08. The van der Waals surface area contributed by atoms with Crippen molar-refractivity contribution < 1.29 is 14.0 Å². The molecule has 2 amide bonds. The van der Waals surface area contributed by atoms with Gasteiger partial charge in [-0.25, -0.2) is 4.39 Å². The van der Waals surface area contributed by atoms with Crippen LogP contribution in [0.25, 0.3) is 0 Å². The molecule has 7 nitrogen and oxygen atoms in total. The quantitative estimate of drug-likeness (QED) is 0.813. The second-order valence-electron chi connectivity index (χ2n) is 7.12. The number of anilines is 3. The predicted octanol–water partition coefficient (Wildman–Crippen LogP) is 2.27. The number of primary amides is 1. The minimum Gasteiger partial charge on any atom is -0.371 e. The summed E-state index contributed by atoms with van der Waals surface area (Å²) in [6.45, 7) is 3.98. The fourth-order valence-corrected chi connectivity index (χ4v) is 3.76. The lowest BCUT2D eigenvalue weighted by Gasteiger charge is -2.20. The van der Waals surface area contributed by atoms with Gasteiger partial charge in [-0.2, -0.15) is 5.10 Å². The van der Waals surface area contributed by atoms with E-state index >= 15 is 0 Å². The average Bonchev–Trinajstić information content (AvgIpc) is 3.33. The standard InChI is InChI=1S/C21H22FN5O2/c1-2-26-10-9-13-3-6-15(11-18(13)26)24-21(29)17-12-19(20(23)28)27(25-17)16-7-4-14(22)5-8-16/h3-8,11,19H,2,9-10,12H2,1H3,(H2,23,28)(H,24,29). The van der Waals surface area contributed by atoms with Crippen molar-refractivity contribution in [1.82, 2.24) is 0 Å². The minimum absolute atomic E-state index is 0.0879. The first-order chi connectivity index (χ1) is 14.0. The normalized spacial score (nSPS) is 17.9. The largest absolute Gasteiger partial charge is 0.371 e.